The molecule has 0 aromatic heterocycles. The molecule has 2 heterocycles. The van der Waals surface area contributed by atoms with Crippen LogP contribution in [0.5, 0.6) is 0 Å². The molecule has 0 unspecified atom stereocenters. The lowest BCUT2D eigenvalue weighted by molar-refractivity contribution is -0.117. The molecule has 2 atom stereocenters. The minimum Gasteiger partial charge on any atom is -0.376 e. The average Bonchev–Trinajstić information content (AvgIpc) is 3.16. The van der Waals surface area contributed by atoms with Crippen LogP contribution >= 0.6 is 0 Å². The molecule has 7 heteroatoms. The van der Waals surface area contributed by atoms with Crippen molar-refractivity contribution in [1.29, 1.82) is 0 Å². The number of nitrogens with zero attached hydrogens (tertiary/aromatic N) is 1. The standard InChI is InChI=1S/C16H20FN3O3/c17-11-3-5-13(6-4-11)20-10-12(8-15(20)21)19-16(22)18-9-14-2-1-7-23-14/h3-6,12,14H,1-2,7-10H2,(H2,18,19,22)/t12-,14-/m1/s1. The topological polar surface area (TPSA) is 70.7 Å². The maximum Gasteiger partial charge on any atom is 0.315 e. The molecule has 2 N–H and O–H groups in total. The molecular weight excluding hydrogens is 301 g/mol. The number of nitrogens with one attached hydrogen (secondary N) is 2. The summed E-state index contributed by atoms with van der Waals surface area (Å²) < 4.78 is 18.4. The Hall–Kier alpha value is -2.15. The van der Waals surface area contributed by atoms with Gasteiger partial charge < -0.3 is 20.3 Å². The molecule has 1 aromatic carbocycles. The first-order chi connectivity index (χ1) is 11.1. The van der Waals surface area contributed by atoms with Crippen LogP contribution in [0.4, 0.5) is 14.9 Å². The fourth-order valence-corrected chi connectivity index (χ4v) is 2.92. The number of carbonyl (C=O) groups excluding carboxylic acids is 2. The molecule has 0 aliphatic carbocycles. The number of hydrogen-bond acceptors (Lipinski definition) is 3. The van der Waals surface area contributed by atoms with Crippen LogP contribution < -0.4 is 15.5 Å². The van der Waals surface area contributed by atoms with E-state index in [9.17, 15) is 14.0 Å². The van der Waals surface area contributed by atoms with Gasteiger partial charge in [-0.05, 0) is 37.1 Å². The van der Waals surface area contributed by atoms with Gasteiger partial charge in [-0.15, -0.1) is 0 Å². The normalized spacial score (nSPS) is 24.0. The largest absolute Gasteiger partial charge is 0.376 e. The molecule has 2 saturated heterocycles. The van der Waals surface area contributed by atoms with Gasteiger partial charge in [-0.3, -0.25) is 4.79 Å². The fraction of sp³-hybridized carbons (Fsp3) is 0.500. The molecule has 23 heavy (non-hydrogen) atoms. The van der Waals surface area contributed by atoms with Gasteiger partial charge in [0, 0.05) is 31.8 Å². The van der Waals surface area contributed by atoms with E-state index >= 15 is 0 Å². The summed E-state index contributed by atoms with van der Waals surface area (Å²) in [6.45, 7) is 1.61. The lowest BCUT2D eigenvalue weighted by Crippen LogP contribution is -2.45. The van der Waals surface area contributed by atoms with Gasteiger partial charge in [0.2, 0.25) is 5.91 Å². The Morgan fingerprint density at radius 3 is 2.83 bits per heavy atom. The van der Waals surface area contributed by atoms with Crippen LogP contribution in [-0.4, -0.2) is 43.8 Å². The molecular formula is C16H20FN3O3. The van der Waals surface area contributed by atoms with Gasteiger partial charge in [-0.1, -0.05) is 0 Å². The highest BCUT2D eigenvalue weighted by Gasteiger charge is 2.31. The van der Waals surface area contributed by atoms with Crippen LogP contribution in [-0.2, 0) is 9.53 Å². The number of anilines is 1. The summed E-state index contributed by atoms with van der Waals surface area (Å²) in [5.74, 6) is -0.426. The number of carbonyl (C=O) groups is 2. The Labute approximate surface area is 134 Å². The monoisotopic (exact) mass is 321 g/mol. The number of urea groups is 1. The van der Waals surface area contributed by atoms with Crippen molar-refractivity contribution in [3.63, 3.8) is 0 Å². The smallest absolute Gasteiger partial charge is 0.315 e. The summed E-state index contributed by atoms with van der Waals surface area (Å²) in [6, 6.07) is 5.21. The Morgan fingerprint density at radius 2 is 2.13 bits per heavy atom. The van der Waals surface area contributed by atoms with E-state index in [1.54, 1.807) is 17.0 Å². The molecule has 124 valence electrons. The third-order valence-corrected chi connectivity index (χ3v) is 4.11. The average molecular weight is 321 g/mol. The molecule has 2 aliphatic rings. The Balaban J connectivity index is 1.48. The van der Waals surface area contributed by atoms with Gasteiger partial charge in [0.25, 0.3) is 0 Å². The molecule has 1 aromatic rings. The second-order valence-corrected chi connectivity index (χ2v) is 5.87. The van der Waals surface area contributed by atoms with Crippen LogP contribution in [0.3, 0.4) is 0 Å². The number of halogens is 1. The third kappa shape index (κ3) is 3.98. The quantitative estimate of drug-likeness (QED) is 0.881. The van der Waals surface area contributed by atoms with Crippen molar-refractivity contribution in [3.8, 4) is 0 Å². The predicted molar refractivity (Wildman–Crippen MR) is 82.7 cm³/mol. The first-order valence-corrected chi connectivity index (χ1v) is 7.84. The van der Waals surface area contributed by atoms with Crippen LogP contribution in [0.15, 0.2) is 24.3 Å². The van der Waals surface area contributed by atoms with Crippen molar-refractivity contribution in [3.05, 3.63) is 30.1 Å². The van der Waals surface area contributed by atoms with Gasteiger partial charge in [0.1, 0.15) is 5.82 Å². The summed E-state index contributed by atoms with van der Waals surface area (Å²) >= 11 is 0. The van der Waals surface area contributed by atoms with E-state index in [2.05, 4.69) is 10.6 Å². The van der Waals surface area contributed by atoms with Crippen LogP contribution in [0.25, 0.3) is 0 Å². The van der Waals surface area contributed by atoms with E-state index < -0.39 is 0 Å². The predicted octanol–water partition coefficient (Wildman–Crippen LogP) is 1.41. The molecule has 0 bridgehead atoms. The summed E-state index contributed by atoms with van der Waals surface area (Å²) in [5, 5.41) is 5.58. The highest BCUT2D eigenvalue weighted by atomic mass is 19.1. The summed E-state index contributed by atoms with van der Waals surface area (Å²) in [4.78, 5) is 25.5. The van der Waals surface area contributed by atoms with Crippen molar-refractivity contribution in [1.82, 2.24) is 10.6 Å². The summed E-state index contributed by atoms with van der Waals surface area (Å²) in [6.07, 6.45) is 2.31. The van der Waals surface area contributed by atoms with Crippen LogP contribution in [0, 0.1) is 5.82 Å². The summed E-state index contributed by atoms with van der Waals surface area (Å²) in [7, 11) is 0. The number of ether oxygens (including phenoxy) is 1. The van der Waals surface area contributed by atoms with E-state index in [0.29, 0.717) is 18.8 Å². The zero-order valence-electron chi connectivity index (χ0n) is 12.8. The molecule has 0 radical (unpaired) electrons. The molecule has 3 rings (SSSR count). The lowest BCUT2D eigenvalue weighted by atomic mass is 10.2. The zero-order chi connectivity index (χ0) is 16.2. The second-order valence-electron chi connectivity index (χ2n) is 5.87. The van der Waals surface area contributed by atoms with Crippen molar-refractivity contribution < 1.29 is 18.7 Å². The molecule has 2 aliphatic heterocycles. The fourth-order valence-electron chi connectivity index (χ4n) is 2.92. The highest BCUT2D eigenvalue weighted by molar-refractivity contribution is 5.96. The van der Waals surface area contributed by atoms with E-state index in [1.807, 2.05) is 0 Å². The number of amides is 3. The van der Waals surface area contributed by atoms with Crippen LogP contribution in [0.2, 0.25) is 0 Å². The van der Waals surface area contributed by atoms with Crippen molar-refractivity contribution in [2.45, 2.75) is 31.4 Å². The number of rotatable bonds is 4. The Morgan fingerprint density at radius 1 is 1.35 bits per heavy atom. The molecule has 2 fully saturated rings. The number of hydrogen-bond donors (Lipinski definition) is 2. The lowest BCUT2D eigenvalue weighted by Gasteiger charge is -2.18. The Kier molecular flexibility index (Phi) is 4.76. The van der Waals surface area contributed by atoms with Gasteiger partial charge in [-0.2, -0.15) is 0 Å². The van der Waals surface area contributed by atoms with E-state index in [0.717, 1.165) is 19.4 Å². The molecule has 0 saturated carbocycles. The van der Waals surface area contributed by atoms with E-state index in [1.165, 1.54) is 12.1 Å². The zero-order valence-corrected chi connectivity index (χ0v) is 12.8. The first kappa shape index (κ1) is 15.7. The third-order valence-electron chi connectivity index (χ3n) is 4.11. The summed E-state index contributed by atoms with van der Waals surface area (Å²) in [5.41, 5.74) is 0.639. The first-order valence-electron chi connectivity index (χ1n) is 7.84. The van der Waals surface area contributed by atoms with Crippen molar-refractivity contribution >= 4 is 17.6 Å². The van der Waals surface area contributed by atoms with Crippen LogP contribution in [0.1, 0.15) is 19.3 Å². The highest BCUT2D eigenvalue weighted by Crippen LogP contribution is 2.21. The van der Waals surface area contributed by atoms with Gasteiger partial charge in [0.15, 0.2) is 0 Å². The second kappa shape index (κ2) is 6.95. The molecule has 3 amide bonds. The maximum atomic E-state index is 13.0. The Bertz CT molecular complexity index is 572. The molecule has 0 spiro atoms. The minimum absolute atomic E-state index is 0.0824. The molecule has 6 nitrogen and oxygen atoms in total. The van der Waals surface area contributed by atoms with E-state index in [4.69, 9.17) is 4.74 Å². The van der Waals surface area contributed by atoms with Gasteiger partial charge in [0.05, 0.1) is 12.1 Å². The van der Waals surface area contributed by atoms with Crippen molar-refractivity contribution in [2.75, 3.05) is 24.6 Å². The maximum absolute atomic E-state index is 13.0. The van der Waals surface area contributed by atoms with Crippen molar-refractivity contribution in [2.24, 2.45) is 0 Å². The minimum atomic E-state index is -0.344. The van der Waals surface area contributed by atoms with Gasteiger partial charge in [-0.25, -0.2) is 9.18 Å². The van der Waals surface area contributed by atoms with Gasteiger partial charge >= 0.3 is 6.03 Å². The SMILES string of the molecule is O=C(NC[C@H]1CCCO1)N[C@@H]1CC(=O)N(c2ccc(F)cc2)C1. The van der Waals surface area contributed by atoms with E-state index in [-0.39, 0.29) is 36.3 Å². The number of benzene rings is 1.